The number of aryl methyl sites for hydroxylation is 1. The van der Waals surface area contributed by atoms with E-state index in [1.54, 1.807) is 35.4 Å². The van der Waals surface area contributed by atoms with Gasteiger partial charge in [0.15, 0.2) is 0 Å². The molecule has 3 aromatic carbocycles. The van der Waals surface area contributed by atoms with Gasteiger partial charge in [0.25, 0.3) is 11.8 Å². The van der Waals surface area contributed by atoms with E-state index in [9.17, 15) is 19.2 Å². The summed E-state index contributed by atoms with van der Waals surface area (Å²) in [7, 11) is 0. The van der Waals surface area contributed by atoms with Gasteiger partial charge in [-0.25, -0.2) is 9.97 Å². The van der Waals surface area contributed by atoms with Gasteiger partial charge in [-0.05, 0) is 99.8 Å². The van der Waals surface area contributed by atoms with Crippen LogP contribution in [0.25, 0.3) is 11.3 Å². The molecule has 3 aliphatic rings. The molecule has 61 heavy (non-hydrogen) atoms. The summed E-state index contributed by atoms with van der Waals surface area (Å²) in [6.07, 6.45) is 5.86. The van der Waals surface area contributed by atoms with E-state index in [1.807, 2.05) is 62.9 Å². The van der Waals surface area contributed by atoms with Crippen molar-refractivity contribution in [1.82, 2.24) is 40.2 Å². The van der Waals surface area contributed by atoms with E-state index < -0.39 is 6.04 Å². The number of hydrogen-bond donors (Lipinski definition) is 4. The fraction of sp³-hybridized carbons (Fsp3) is 0.370. The smallest absolute Gasteiger partial charge is 0.254 e. The minimum Gasteiger partial charge on any atom is -0.374 e. The second-order valence-electron chi connectivity index (χ2n) is 17.2. The van der Waals surface area contributed by atoms with Crippen LogP contribution in [0.4, 0.5) is 23.0 Å². The SMILES string of the molecule is Cc1cc(-c2ccnc(Nc3ccc(N4CCN(CC5CN(C(=O)c6cccc(NC7CCC(=O)NC7=O)c6)C5)CC4)cc3)n2)ccc1CNC(=O)c1cnn(C(C)(C)C)c1. The third kappa shape index (κ3) is 9.89. The van der Waals surface area contributed by atoms with Crippen molar-refractivity contribution in [1.29, 1.82) is 0 Å². The van der Waals surface area contributed by atoms with E-state index in [2.05, 4.69) is 71.5 Å². The first-order valence-corrected chi connectivity index (χ1v) is 20.9. The lowest BCUT2D eigenvalue weighted by Crippen LogP contribution is -2.56. The number of nitrogens with zero attached hydrogens (tertiary/aromatic N) is 7. The Morgan fingerprint density at radius 1 is 0.902 bits per heavy atom. The first kappa shape index (κ1) is 41.1. The Bertz CT molecular complexity index is 2410. The number of likely N-dealkylation sites (tertiary alicyclic amines) is 1. The zero-order valence-electron chi connectivity index (χ0n) is 35.1. The maximum absolute atomic E-state index is 13.3. The minimum atomic E-state index is -0.493. The van der Waals surface area contributed by atoms with Crippen LogP contribution in [0, 0.1) is 12.8 Å². The van der Waals surface area contributed by atoms with Crippen molar-refractivity contribution >= 4 is 46.6 Å². The summed E-state index contributed by atoms with van der Waals surface area (Å²) >= 11 is 0. The molecule has 4 N–H and O–H groups in total. The summed E-state index contributed by atoms with van der Waals surface area (Å²) in [6.45, 7) is 14.8. The maximum Gasteiger partial charge on any atom is 0.254 e. The summed E-state index contributed by atoms with van der Waals surface area (Å²) in [4.78, 5) is 65.8. The Balaban J connectivity index is 0.771. The van der Waals surface area contributed by atoms with Crippen LogP contribution in [0.1, 0.15) is 65.5 Å². The Morgan fingerprint density at radius 2 is 1.69 bits per heavy atom. The topological polar surface area (TPSA) is 170 Å². The zero-order chi connectivity index (χ0) is 42.7. The summed E-state index contributed by atoms with van der Waals surface area (Å²) in [5.41, 5.74) is 7.53. The van der Waals surface area contributed by atoms with Gasteiger partial charge in [-0.2, -0.15) is 5.10 Å². The number of carbonyl (C=O) groups excluding carboxylic acids is 4. The van der Waals surface area contributed by atoms with Crippen molar-refractivity contribution in [2.24, 2.45) is 5.92 Å². The molecular weight excluding hydrogens is 771 g/mol. The van der Waals surface area contributed by atoms with Crippen molar-refractivity contribution in [2.45, 2.75) is 58.7 Å². The van der Waals surface area contributed by atoms with Crippen molar-refractivity contribution in [2.75, 3.05) is 61.3 Å². The van der Waals surface area contributed by atoms with Crippen LogP contribution >= 0.6 is 0 Å². The lowest BCUT2D eigenvalue weighted by Gasteiger charge is -2.44. The van der Waals surface area contributed by atoms with Gasteiger partial charge in [0.2, 0.25) is 17.8 Å². The molecule has 4 amide bonds. The van der Waals surface area contributed by atoms with Crippen molar-refractivity contribution < 1.29 is 19.2 Å². The molecule has 3 aliphatic heterocycles. The highest BCUT2D eigenvalue weighted by molar-refractivity contribution is 6.01. The highest BCUT2D eigenvalue weighted by Gasteiger charge is 2.33. The number of piperazine rings is 1. The lowest BCUT2D eigenvalue weighted by molar-refractivity contribution is -0.133. The van der Waals surface area contributed by atoms with Crippen LogP contribution in [0.5, 0.6) is 0 Å². The largest absolute Gasteiger partial charge is 0.374 e. The Morgan fingerprint density at radius 3 is 2.41 bits per heavy atom. The molecule has 15 nitrogen and oxygen atoms in total. The molecule has 0 saturated carbocycles. The van der Waals surface area contributed by atoms with Gasteiger partial charge in [-0.1, -0.05) is 18.2 Å². The number of carbonyl (C=O) groups is 4. The third-order valence-electron chi connectivity index (χ3n) is 11.6. The van der Waals surface area contributed by atoms with E-state index in [0.29, 0.717) is 48.1 Å². The van der Waals surface area contributed by atoms with Gasteiger partial charge in [-0.3, -0.25) is 34.1 Å². The number of aromatic nitrogens is 4. The molecule has 316 valence electrons. The predicted molar refractivity (Wildman–Crippen MR) is 235 cm³/mol. The van der Waals surface area contributed by atoms with E-state index in [0.717, 1.165) is 73.9 Å². The number of anilines is 4. The second kappa shape index (κ2) is 17.5. The van der Waals surface area contributed by atoms with Crippen LogP contribution in [-0.4, -0.2) is 105 Å². The van der Waals surface area contributed by atoms with E-state index in [4.69, 9.17) is 4.98 Å². The van der Waals surface area contributed by atoms with Crippen molar-refractivity contribution in [3.8, 4) is 11.3 Å². The van der Waals surface area contributed by atoms with Gasteiger partial charge in [-0.15, -0.1) is 0 Å². The normalized spacial score (nSPS) is 17.4. The van der Waals surface area contributed by atoms with Crippen LogP contribution in [0.2, 0.25) is 0 Å². The fourth-order valence-electron chi connectivity index (χ4n) is 7.96. The van der Waals surface area contributed by atoms with Crippen molar-refractivity contribution in [3.63, 3.8) is 0 Å². The Labute approximate surface area is 355 Å². The molecule has 1 unspecified atom stereocenters. The van der Waals surface area contributed by atoms with E-state index in [1.165, 1.54) is 5.69 Å². The molecule has 3 saturated heterocycles. The highest BCUT2D eigenvalue weighted by atomic mass is 16.2. The molecule has 5 heterocycles. The molecule has 0 spiro atoms. The number of benzene rings is 3. The molecule has 5 aromatic rings. The van der Waals surface area contributed by atoms with Crippen LogP contribution in [0.15, 0.2) is 91.4 Å². The lowest BCUT2D eigenvalue weighted by atomic mass is 9.97. The quantitative estimate of drug-likeness (QED) is 0.122. The number of amides is 4. The van der Waals surface area contributed by atoms with E-state index in [-0.39, 0.29) is 29.2 Å². The third-order valence-corrected chi connectivity index (χ3v) is 11.6. The zero-order valence-corrected chi connectivity index (χ0v) is 35.1. The maximum atomic E-state index is 13.3. The number of rotatable bonds is 12. The monoisotopic (exact) mass is 823 g/mol. The molecule has 3 fully saturated rings. The van der Waals surface area contributed by atoms with Gasteiger partial charge < -0.3 is 25.8 Å². The Hall–Kier alpha value is -6.61. The van der Waals surface area contributed by atoms with Gasteiger partial charge in [0, 0.05) is 105 Å². The van der Waals surface area contributed by atoms with Gasteiger partial charge in [0.1, 0.15) is 6.04 Å². The summed E-state index contributed by atoms with van der Waals surface area (Å²) in [5.74, 6) is 0.191. The molecule has 1 atom stereocenters. The molecule has 0 radical (unpaired) electrons. The molecule has 0 aliphatic carbocycles. The van der Waals surface area contributed by atoms with Crippen LogP contribution in [-0.2, 0) is 21.7 Å². The van der Waals surface area contributed by atoms with Crippen molar-refractivity contribution in [3.05, 3.63) is 114 Å². The van der Waals surface area contributed by atoms with Gasteiger partial charge >= 0.3 is 0 Å². The Kier molecular flexibility index (Phi) is 11.8. The molecular formula is C46H53N11O4. The average Bonchev–Trinajstić information content (AvgIpc) is 3.75. The van der Waals surface area contributed by atoms with E-state index >= 15 is 0 Å². The molecule has 15 heteroatoms. The highest BCUT2D eigenvalue weighted by Crippen LogP contribution is 2.27. The standard InChI is InChI=1S/C46H53N11O4/c1-30-22-32(8-9-34(30)24-48-42(59)35-25-49-57(29-35)46(2,3)4)39-16-17-47-45(52-39)51-36-10-12-38(13-11-36)55-20-18-54(19-21-55)26-31-27-56(28-31)44(61)33-6-5-7-37(23-33)50-40-14-15-41(58)53-43(40)60/h5-13,16-17,22-23,25,29,31,40,50H,14-15,18-21,24,26-28H2,1-4H3,(H,48,59)(H,47,51,52)(H,53,58,60). The molecule has 8 rings (SSSR count). The second-order valence-corrected chi connectivity index (χ2v) is 17.2. The fourth-order valence-corrected chi connectivity index (χ4v) is 7.96. The first-order chi connectivity index (χ1) is 29.3. The number of imide groups is 1. The summed E-state index contributed by atoms with van der Waals surface area (Å²) in [6, 6.07) is 23.1. The number of nitrogens with one attached hydrogen (secondary N) is 4. The predicted octanol–water partition coefficient (Wildman–Crippen LogP) is 5.19. The van der Waals surface area contributed by atoms with Crippen LogP contribution < -0.4 is 26.2 Å². The average molecular weight is 824 g/mol. The first-order valence-electron chi connectivity index (χ1n) is 20.9. The van der Waals surface area contributed by atoms with Gasteiger partial charge in [0.05, 0.1) is 23.0 Å². The minimum absolute atomic E-state index is 0.00694. The number of hydrogen-bond acceptors (Lipinski definition) is 11. The molecule has 0 bridgehead atoms. The van der Waals surface area contributed by atoms with Crippen LogP contribution in [0.3, 0.4) is 0 Å². The molecule has 2 aromatic heterocycles. The number of piperidine rings is 1. The summed E-state index contributed by atoms with van der Waals surface area (Å²) in [5, 5.41) is 16.2. The summed E-state index contributed by atoms with van der Waals surface area (Å²) < 4.78 is 1.79.